The molecule has 0 aromatic rings. The third kappa shape index (κ3) is 5.85. The Morgan fingerprint density at radius 3 is 1.18 bits per heavy atom. The molecule has 0 aromatic carbocycles. The largest absolute Gasteiger partial charge is 0.353 e. The van der Waals surface area contributed by atoms with Crippen LogP contribution in [-0.2, 0) is 9.59 Å². The zero-order valence-electron chi connectivity index (χ0n) is 25.4. The third-order valence-electron chi connectivity index (χ3n) is 12.2. The van der Waals surface area contributed by atoms with Gasteiger partial charge >= 0.3 is 0 Å². The molecule has 6 aliphatic carbocycles. The summed E-state index contributed by atoms with van der Waals surface area (Å²) < 4.78 is 0. The second kappa shape index (κ2) is 11.8. The molecule has 38 heavy (non-hydrogen) atoms. The molecule has 4 nitrogen and oxygen atoms in total. The Morgan fingerprint density at radius 2 is 0.868 bits per heavy atom. The molecule has 0 saturated heterocycles. The van der Waals surface area contributed by atoms with Crippen LogP contribution in [0.2, 0.25) is 0 Å². The van der Waals surface area contributed by atoms with E-state index in [1.807, 2.05) is 0 Å². The van der Waals surface area contributed by atoms with Crippen LogP contribution in [0.5, 0.6) is 0 Å². The highest BCUT2D eigenvalue weighted by Crippen LogP contribution is 2.63. The van der Waals surface area contributed by atoms with E-state index in [9.17, 15) is 9.59 Å². The summed E-state index contributed by atoms with van der Waals surface area (Å²) in [5.41, 5.74) is 0. The fourth-order valence-electron chi connectivity index (χ4n) is 9.96. The summed E-state index contributed by atoms with van der Waals surface area (Å²) in [5, 5.41) is 6.68. The summed E-state index contributed by atoms with van der Waals surface area (Å²) in [4.78, 5) is 25.1. The van der Waals surface area contributed by atoms with Crippen molar-refractivity contribution in [3.05, 3.63) is 0 Å². The summed E-state index contributed by atoms with van der Waals surface area (Å²) in [6, 6.07) is 0.978. The normalized spacial score (nSPS) is 42.2. The number of fused-ring (bicyclic) bond motifs is 2. The van der Waals surface area contributed by atoms with E-state index in [0.29, 0.717) is 59.4 Å². The van der Waals surface area contributed by atoms with E-state index in [-0.39, 0.29) is 0 Å². The summed E-state index contributed by atoms with van der Waals surface area (Å²) in [5.74, 6) is 8.87. The number of amides is 2. The van der Waals surface area contributed by atoms with Gasteiger partial charge in [0.1, 0.15) is 0 Å². The molecule has 2 amide bonds. The van der Waals surface area contributed by atoms with Crippen molar-refractivity contribution in [1.29, 1.82) is 0 Å². The van der Waals surface area contributed by atoms with Gasteiger partial charge in [0.2, 0.25) is 11.8 Å². The van der Waals surface area contributed by atoms with Gasteiger partial charge in [0.15, 0.2) is 0 Å². The van der Waals surface area contributed by atoms with Crippen LogP contribution >= 0.6 is 0 Å². The zero-order chi connectivity index (χ0) is 27.1. The first-order chi connectivity index (χ1) is 18.2. The number of nitrogens with one attached hydrogen (secondary N) is 2. The van der Waals surface area contributed by atoms with Crippen LogP contribution < -0.4 is 10.6 Å². The molecule has 0 aliphatic heterocycles. The van der Waals surface area contributed by atoms with Crippen molar-refractivity contribution >= 4 is 11.8 Å². The van der Waals surface area contributed by atoms with E-state index in [2.05, 4.69) is 52.2 Å². The molecular formula is C34H58N2O2. The molecule has 2 N–H and O–H groups in total. The summed E-state index contributed by atoms with van der Waals surface area (Å²) in [6.45, 7) is 14.1. The Labute approximate surface area is 233 Å². The first-order valence-electron chi connectivity index (χ1n) is 16.8. The average Bonchev–Trinajstić information content (AvgIpc) is 3.65. The van der Waals surface area contributed by atoms with Gasteiger partial charge < -0.3 is 10.6 Å². The van der Waals surface area contributed by atoms with Gasteiger partial charge in [-0.2, -0.15) is 0 Å². The predicted octanol–water partition coefficient (Wildman–Crippen LogP) is 7.22. The molecule has 6 rings (SSSR count). The van der Waals surface area contributed by atoms with Gasteiger partial charge in [0, 0.05) is 23.9 Å². The minimum absolute atomic E-state index is 0.352. The van der Waals surface area contributed by atoms with Crippen molar-refractivity contribution in [3.8, 4) is 0 Å². The lowest BCUT2D eigenvalue weighted by atomic mass is 9.77. The quantitative estimate of drug-likeness (QED) is 0.384. The van der Waals surface area contributed by atoms with Crippen LogP contribution in [-0.4, -0.2) is 23.9 Å². The van der Waals surface area contributed by atoms with E-state index < -0.39 is 0 Å². The van der Waals surface area contributed by atoms with Gasteiger partial charge in [-0.1, -0.05) is 80.1 Å². The van der Waals surface area contributed by atoms with Crippen molar-refractivity contribution in [3.63, 3.8) is 0 Å². The fourth-order valence-corrected chi connectivity index (χ4v) is 9.96. The van der Waals surface area contributed by atoms with Crippen molar-refractivity contribution in [2.45, 2.75) is 131 Å². The number of carbonyl (C=O) groups excluding carboxylic acids is 2. The molecule has 10 atom stereocenters. The van der Waals surface area contributed by atoms with Crippen LogP contribution in [0.25, 0.3) is 0 Å². The van der Waals surface area contributed by atoms with E-state index in [4.69, 9.17) is 0 Å². The van der Waals surface area contributed by atoms with Gasteiger partial charge in [-0.05, 0) is 97.7 Å². The maximum atomic E-state index is 12.5. The monoisotopic (exact) mass is 526 g/mol. The molecular weight excluding hydrogens is 468 g/mol. The lowest BCUT2D eigenvalue weighted by Crippen LogP contribution is -2.34. The highest BCUT2D eigenvalue weighted by atomic mass is 16.2. The number of carbonyl (C=O) groups is 2. The molecule has 6 saturated carbocycles. The van der Waals surface area contributed by atoms with Gasteiger partial charge in [-0.3, -0.25) is 9.59 Å². The maximum absolute atomic E-state index is 12.5. The molecule has 0 bridgehead atoms. The topological polar surface area (TPSA) is 58.2 Å². The first-order valence-corrected chi connectivity index (χ1v) is 16.8. The Hall–Kier alpha value is -1.06. The standard InChI is InChI=1S/2C17H29NO/c2*1-10(2)13-9-8-11(3)14-15(13)16(14)17(19)18-12-6-4-5-7-12/h2*10-16H,4-9H2,1-3H3,(H,18,19)/t11-,13+,14+,15-,16-;11-,13+,14-,15+,16+/m00/s1. The first kappa shape index (κ1) is 28.5. The smallest absolute Gasteiger partial charge is 0.223 e. The van der Waals surface area contributed by atoms with E-state index >= 15 is 0 Å². The Bertz CT molecular complexity index is 758. The highest BCUT2D eigenvalue weighted by molar-refractivity contribution is 5.83. The highest BCUT2D eigenvalue weighted by Gasteiger charge is 2.63. The van der Waals surface area contributed by atoms with Crippen molar-refractivity contribution in [1.82, 2.24) is 10.6 Å². The second-order valence-corrected chi connectivity index (χ2v) is 15.3. The van der Waals surface area contributed by atoms with Crippen LogP contribution in [0.4, 0.5) is 0 Å². The molecule has 0 heterocycles. The van der Waals surface area contributed by atoms with E-state index in [0.717, 1.165) is 35.5 Å². The summed E-state index contributed by atoms with van der Waals surface area (Å²) >= 11 is 0. The molecule has 0 unspecified atom stereocenters. The maximum Gasteiger partial charge on any atom is 0.223 e. The number of rotatable bonds is 6. The SMILES string of the molecule is CC(C)[C@H]1CC[C@H](C)[C@@H]2[C@@H](C(=O)NC3CCCC3)[C@@H]21.CC(C)[C@H]1CC[C@H](C)[C@H]2[C@H](C(=O)NC3CCCC3)[C@H]21. The van der Waals surface area contributed by atoms with Crippen molar-refractivity contribution in [2.24, 2.45) is 71.0 Å². The van der Waals surface area contributed by atoms with Gasteiger partial charge in [-0.15, -0.1) is 0 Å². The lowest BCUT2D eigenvalue weighted by molar-refractivity contribution is -0.124. The molecule has 0 aromatic heterocycles. The van der Waals surface area contributed by atoms with Crippen molar-refractivity contribution in [2.75, 3.05) is 0 Å². The van der Waals surface area contributed by atoms with Gasteiger partial charge in [-0.25, -0.2) is 0 Å². The van der Waals surface area contributed by atoms with Crippen LogP contribution in [0.1, 0.15) is 119 Å². The molecule has 6 aliphatic rings. The van der Waals surface area contributed by atoms with E-state index in [1.54, 1.807) is 0 Å². The third-order valence-corrected chi connectivity index (χ3v) is 12.2. The number of hydrogen-bond donors (Lipinski definition) is 2. The van der Waals surface area contributed by atoms with Crippen LogP contribution in [0, 0.1) is 71.0 Å². The van der Waals surface area contributed by atoms with Gasteiger partial charge in [0.05, 0.1) is 0 Å². The minimum atomic E-state index is 0.352. The molecule has 0 spiro atoms. The van der Waals surface area contributed by atoms with Gasteiger partial charge in [0.25, 0.3) is 0 Å². The van der Waals surface area contributed by atoms with Crippen LogP contribution in [0.15, 0.2) is 0 Å². The molecule has 6 fully saturated rings. The average molecular weight is 527 g/mol. The molecule has 216 valence electrons. The summed E-state index contributed by atoms with van der Waals surface area (Å²) in [7, 11) is 0. The number of hydrogen-bond acceptors (Lipinski definition) is 2. The minimum Gasteiger partial charge on any atom is -0.353 e. The Morgan fingerprint density at radius 1 is 0.526 bits per heavy atom. The molecule has 4 heteroatoms. The Kier molecular flexibility index (Phi) is 8.85. The molecule has 0 radical (unpaired) electrons. The fraction of sp³-hybridized carbons (Fsp3) is 0.941. The van der Waals surface area contributed by atoms with Crippen molar-refractivity contribution < 1.29 is 9.59 Å². The van der Waals surface area contributed by atoms with Crippen LogP contribution in [0.3, 0.4) is 0 Å². The van der Waals surface area contributed by atoms with E-state index in [1.165, 1.54) is 77.0 Å². The summed E-state index contributed by atoms with van der Waals surface area (Å²) in [6.07, 6.45) is 15.4. The lowest BCUT2D eigenvalue weighted by Gasteiger charge is -2.28. The Balaban J connectivity index is 0.000000155. The zero-order valence-corrected chi connectivity index (χ0v) is 25.4. The predicted molar refractivity (Wildman–Crippen MR) is 155 cm³/mol. The second-order valence-electron chi connectivity index (χ2n) is 15.3.